The van der Waals surface area contributed by atoms with Crippen molar-refractivity contribution in [2.24, 2.45) is 0 Å². The normalized spacial score (nSPS) is 12.7. The van der Waals surface area contributed by atoms with Crippen LogP contribution in [0.1, 0.15) is 20.3 Å². The van der Waals surface area contributed by atoms with Gasteiger partial charge in [-0.3, -0.25) is 0 Å². The third kappa shape index (κ3) is 2.37. The van der Waals surface area contributed by atoms with Gasteiger partial charge in [0.1, 0.15) is 5.69 Å². The van der Waals surface area contributed by atoms with E-state index in [0.717, 1.165) is 0 Å². The van der Waals surface area contributed by atoms with Gasteiger partial charge in [-0.15, -0.1) is 0 Å². The summed E-state index contributed by atoms with van der Waals surface area (Å²) in [4.78, 5) is 2.44. The number of aromatic nitrogens is 1. The molecular formula is C9H10F4N2. The van der Waals surface area contributed by atoms with E-state index in [1.807, 2.05) is 0 Å². The molecule has 2 nitrogen and oxygen atoms in total. The SMILES string of the molecule is CC[C@H](C)Nc1c(F)c(F)nc(F)c1F. The van der Waals surface area contributed by atoms with Crippen molar-refractivity contribution in [3.63, 3.8) is 0 Å². The number of hydrogen-bond acceptors (Lipinski definition) is 2. The Morgan fingerprint density at radius 1 is 1.13 bits per heavy atom. The minimum atomic E-state index is -1.65. The summed E-state index contributed by atoms with van der Waals surface area (Å²) in [6, 6.07) is -0.296. The highest BCUT2D eigenvalue weighted by molar-refractivity contribution is 5.45. The number of nitrogens with one attached hydrogen (secondary N) is 1. The molecule has 6 heteroatoms. The van der Waals surface area contributed by atoms with Gasteiger partial charge < -0.3 is 5.32 Å². The monoisotopic (exact) mass is 222 g/mol. The van der Waals surface area contributed by atoms with Crippen molar-refractivity contribution in [2.45, 2.75) is 26.3 Å². The number of hydrogen-bond donors (Lipinski definition) is 1. The summed E-state index contributed by atoms with van der Waals surface area (Å²) < 4.78 is 51.3. The fourth-order valence-electron chi connectivity index (χ4n) is 0.962. The standard InChI is InChI=1S/C9H10F4N2/c1-3-4(2)14-7-5(10)8(12)15-9(13)6(7)11/h4H,3H2,1-2H3,(H,14,15)/t4-/m0/s1. The van der Waals surface area contributed by atoms with Gasteiger partial charge >= 0.3 is 0 Å². The van der Waals surface area contributed by atoms with Gasteiger partial charge in [-0.1, -0.05) is 6.92 Å². The highest BCUT2D eigenvalue weighted by Crippen LogP contribution is 2.22. The van der Waals surface area contributed by atoms with E-state index in [-0.39, 0.29) is 6.04 Å². The zero-order valence-electron chi connectivity index (χ0n) is 8.24. The lowest BCUT2D eigenvalue weighted by atomic mass is 10.2. The van der Waals surface area contributed by atoms with Gasteiger partial charge in [-0.2, -0.15) is 22.5 Å². The van der Waals surface area contributed by atoms with Gasteiger partial charge in [-0.05, 0) is 13.3 Å². The molecule has 0 bridgehead atoms. The number of rotatable bonds is 3. The molecule has 0 radical (unpaired) electrons. The fraction of sp³-hybridized carbons (Fsp3) is 0.444. The van der Waals surface area contributed by atoms with Crippen LogP contribution < -0.4 is 5.32 Å². The minimum absolute atomic E-state index is 0.296. The van der Waals surface area contributed by atoms with E-state index >= 15 is 0 Å². The first-order valence-corrected chi connectivity index (χ1v) is 4.43. The summed E-state index contributed by atoms with van der Waals surface area (Å²) in [6.45, 7) is 3.40. The molecule has 0 saturated carbocycles. The summed E-state index contributed by atoms with van der Waals surface area (Å²) in [6.07, 6.45) is 0.560. The highest BCUT2D eigenvalue weighted by atomic mass is 19.2. The Bertz CT molecular complexity index is 341. The quantitative estimate of drug-likeness (QED) is 0.628. The third-order valence-corrected chi connectivity index (χ3v) is 2.00. The van der Waals surface area contributed by atoms with Crippen molar-refractivity contribution in [3.8, 4) is 0 Å². The van der Waals surface area contributed by atoms with Gasteiger partial charge in [-0.25, -0.2) is 0 Å². The molecule has 1 N–H and O–H groups in total. The van der Waals surface area contributed by atoms with Gasteiger partial charge in [0.25, 0.3) is 11.9 Å². The molecule has 0 aliphatic carbocycles. The van der Waals surface area contributed by atoms with Crippen LogP contribution in [0.3, 0.4) is 0 Å². The molecule has 84 valence electrons. The molecule has 0 spiro atoms. The molecule has 1 rings (SSSR count). The maximum Gasteiger partial charge on any atom is 0.253 e. The van der Waals surface area contributed by atoms with Gasteiger partial charge in [0.05, 0.1) is 0 Å². The molecule has 1 atom stereocenters. The molecule has 0 unspecified atom stereocenters. The molecular weight excluding hydrogens is 212 g/mol. The van der Waals surface area contributed by atoms with E-state index in [4.69, 9.17) is 0 Å². The van der Waals surface area contributed by atoms with Crippen LogP contribution in [0.15, 0.2) is 0 Å². The van der Waals surface area contributed by atoms with Crippen molar-refractivity contribution < 1.29 is 17.6 Å². The molecule has 0 aliphatic heterocycles. The predicted molar refractivity (Wildman–Crippen MR) is 47.4 cm³/mol. The maximum absolute atomic E-state index is 13.0. The Hall–Kier alpha value is -1.33. The average Bonchev–Trinajstić information content (AvgIpc) is 2.21. The van der Waals surface area contributed by atoms with E-state index < -0.39 is 29.2 Å². The van der Waals surface area contributed by atoms with Crippen LogP contribution >= 0.6 is 0 Å². The van der Waals surface area contributed by atoms with Gasteiger partial charge in [0, 0.05) is 6.04 Å². The molecule has 0 saturated heterocycles. The Kier molecular flexibility index (Phi) is 3.49. The lowest BCUT2D eigenvalue weighted by molar-refractivity contribution is 0.409. The number of halogens is 4. The molecule has 1 heterocycles. The van der Waals surface area contributed by atoms with Crippen molar-refractivity contribution in [1.82, 2.24) is 4.98 Å². The van der Waals surface area contributed by atoms with Crippen LogP contribution in [0, 0.1) is 23.5 Å². The molecule has 0 fully saturated rings. The summed E-state index contributed by atoms with van der Waals surface area (Å²) in [5, 5.41) is 2.34. The first-order valence-electron chi connectivity index (χ1n) is 4.43. The Balaban J connectivity index is 3.15. The van der Waals surface area contributed by atoms with E-state index in [9.17, 15) is 17.6 Å². The van der Waals surface area contributed by atoms with Crippen molar-refractivity contribution in [3.05, 3.63) is 23.5 Å². The van der Waals surface area contributed by atoms with E-state index in [2.05, 4.69) is 10.3 Å². The summed E-state index contributed by atoms with van der Waals surface area (Å²) in [7, 11) is 0. The number of anilines is 1. The fourth-order valence-corrected chi connectivity index (χ4v) is 0.962. The van der Waals surface area contributed by atoms with Crippen molar-refractivity contribution in [1.29, 1.82) is 0 Å². The molecule has 15 heavy (non-hydrogen) atoms. The van der Waals surface area contributed by atoms with Crippen LogP contribution in [0.5, 0.6) is 0 Å². The Morgan fingerprint density at radius 3 is 2.00 bits per heavy atom. The molecule has 1 aromatic rings. The van der Waals surface area contributed by atoms with Crippen LogP contribution in [0.4, 0.5) is 23.2 Å². The summed E-state index contributed by atoms with van der Waals surface area (Å²) in [5.41, 5.74) is -0.811. The average molecular weight is 222 g/mol. The summed E-state index contributed by atoms with van der Waals surface area (Å²) >= 11 is 0. The molecule has 0 aliphatic rings. The number of nitrogens with zero attached hydrogens (tertiary/aromatic N) is 1. The van der Waals surface area contributed by atoms with Gasteiger partial charge in [0.15, 0.2) is 0 Å². The lowest BCUT2D eigenvalue weighted by Crippen LogP contribution is -2.17. The molecule has 0 amide bonds. The number of pyridine rings is 1. The first kappa shape index (κ1) is 11.7. The first-order chi connectivity index (χ1) is 6.97. The second kappa shape index (κ2) is 4.46. The second-order valence-electron chi connectivity index (χ2n) is 3.15. The molecule has 1 aromatic heterocycles. The van der Waals surface area contributed by atoms with Crippen LogP contribution in [-0.2, 0) is 0 Å². The lowest BCUT2D eigenvalue weighted by Gasteiger charge is -2.14. The topological polar surface area (TPSA) is 24.9 Å². The largest absolute Gasteiger partial charge is 0.378 e. The summed E-state index contributed by atoms with van der Waals surface area (Å²) in [5.74, 6) is -6.32. The van der Waals surface area contributed by atoms with Crippen molar-refractivity contribution >= 4 is 5.69 Å². The predicted octanol–water partition coefficient (Wildman–Crippen LogP) is 2.85. The van der Waals surface area contributed by atoms with E-state index in [1.165, 1.54) is 0 Å². The van der Waals surface area contributed by atoms with Crippen LogP contribution in [-0.4, -0.2) is 11.0 Å². The van der Waals surface area contributed by atoms with Crippen LogP contribution in [0.2, 0.25) is 0 Å². The third-order valence-electron chi connectivity index (χ3n) is 2.00. The second-order valence-corrected chi connectivity index (χ2v) is 3.15. The van der Waals surface area contributed by atoms with E-state index in [0.29, 0.717) is 6.42 Å². The van der Waals surface area contributed by atoms with Crippen LogP contribution in [0.25, 0.3) is 0 Å². The van der Waals surface area contributed by atoms with Crippen molar-refractivity contribution in [2.75, 3.05) is 5.32 Å². The minimum Gasteiger partial charge on any atom is -0.378 e. The Morgan fingerprint density at radius 2 is 1.60 bits per heavy atom. The van der Waals surface area contributed by atoms with Gasteiger partial charge in [0.2, 0.25) is 11.6 Å². The highest BCUT2D eigenvalue weighted by Gasteiger charge is 2.21. The Labute approximate surface area is 84.3 Å². The smallest absolute Gasteiger partial charge is 0.253 e. The zero-order chi connectivity index (χ0) is 11.6. The maximum atomic E-state index is 13.0. The molecule has 0 aromatic carbocycles. The van der Waals surface area contributed by atoms with E-state index in [1.54, 1.807) is 13.8 Å². The zero-order valence-corrected chi connectivity index (χ0v) is 8.24.